The Morgan fingerprint density at radius 2 is 1.64 bits per heavy atom. The number of fused-ring (bicyclic) bond motifs is 2. The summed E-state index contributed by atoms with van der Waals surface area (Å²) in [6.07, 6.45) is 0. The number of hydrogen-bond acceptors (Lipinski definition) is 7. The molecule has 0 amide bonds. The van der Waals surface area contributed by atoms with E-state index in [-0.39, 0.29) is 12.4 Å². The van der Waals surface area contributed by atoms with E-state index in [2.05, 4.69) is 0 Å². The summed E-state index contributed by atoms with van der Waals surface area (Å²) >= 11 is 0. The van der Waals surface area contributed by atoms with Crippen LogP contribution in [-0.4, -0.2) is 32.7 Å². The zero-order valence-corrected chi connectivity index (χ0v) is 17.8. The summed E-state index contributed by atoms with van der Waals surface area (Å²) in [7, 11) is 1.57. The van der Waals surface area contributed by atoms with Crippen LogP contribution in [0.5, 0.6) is 23.0 Å². The van der Waals surface area contributed by atoms with Gasteiger partial charge in [0.05, 0.1) is 12.7 Å². The third-order valence-corrected chi connectivity index (χ3v) is 5.34. The lowest BCUT2D eigenvalue weighted by Crippen LogP contribution is -2.15. The molecule has 0 radical (unpaired) electrons. The number of ketones is 1. The Morgan fingerprint density at radius 1 is 0.879 bits per heavy atom. The summed E-state index contributed by atoms with van der Waals surface area (Å²) in [6, 6.07) is 19.0. The number of methoxy groups -OCH3 is 1. The molecule has 3 aromatic carbocycles. The van der Waals surface area contributed by atoms with Gasteiger partial charge < -0.3 is 23.4 Å². The van der Waals surface area contributed by atoms with Gasteiger partial charge in [0, 0.05) is 17.0 Å². The molecule has 1 aromatic heterocycles. The molecule has 0 bridgehead atoms. The Balaban J connectivity index is 1.35. The fourth-order valence-corrected chi connectivity index (χ4v) is 3.60. The van der Waals surface area contributed by atoms with Crippen LogP contribution in [-0.2, 0) is 0 Å². The molecule has 7 nitrogen and oxygen atoms in total. The minimum absolute atomic E-state index is 0.142. The maximum absolute atomic E-state index is 12.7. The number of ether oxygens (including phenoxy) is 4. The van der Waals surface area contributed by atoms with E-state index in [1.54, 1.807) is 73.8 Å². The van der Waals surface area contributed by atoms with E-state index in [0.29, 0.717) is 58.5 Å². The van der Waals surface area contributed by atoms with Crippen molar-refractivity contribution < 1.29 is 28.2 Å². The molecule has 0 N–H and O–H groups in total. The Hall–Kier alpha value is -4.26. The summed E-state index contributed by atoms with van der Waals surface area (Å²) in [6.45, 7) is 0.824. The number of Topliss-reactive ketones (excluding diaryl/α,β-unsaturated/α-hetero) is 1. The second kappa shape index (κ2) is 8.70. The molecular weight excluding hydrogens is 424 g/mol. The Morgan fingerprint density at radius 3 is 2.42 bits per heavy atom. The lowest BCUT2D eigenvalue weighted by molar-refractivity contribution is 0.0921. The van der Waals surface area contributed by atoms with Crippen LogP contribution in [0.15, 0.2) is 75.9 Å². The average Bonchev–Trinajstić information content (AvgIpc) is 2.86. The number of rotatable bonds is 6. The van der Waals surface area contributed by atoms with Crippen LogP contribution in [0.3, 0.4) is 0 Å². The molecule has 1 aliphatic rings. The maximum Gasteiger partial charge on any atom is 0.344 e. The van der Waals surface area contributed by atoms with E-state index in [9.17, 15) is 9.59 Å². The van der Waals surface area contributed by atoms with Gasteiger partial charge in [-0.2, -0.15) is 0 Å². The van der Waals surface area contributed by atoms with Crippen LogP contribution in [0.25, 0.3) is 22.1 Å². The van der Waals surface area contributed by atoms with Crippen LogP contribution in [0.2, 0.25) is 0 Å². The number of benzene rings is 3. The number of hydrogen-bond donors (Lipinski definition) is 0. The molecule has 33 heavy (non-hydrogen) atoms. The first-order valence-corrected chi connectivity index (χ1v) is 10.4. The average molecular weight is 444 g/mol. The molecule has 7 heteroatoms. The van der Waals surface area contributed by atoms with Gasteiger partial charge in [0.25, 0.3) is 0 Å². The predicted molar refractivity (Wildman–Crippen MR) is 122 cm³/mol. The summed E-state index contributed by atoms with van der Waals surface area (Å²) in [5, 5.41) is 0.730. The molecule has 2 heterocycles. The molecule has 0 saturated carbocycles. The van der Waals surface area contributed by atoms with Crippen molar-refractivity contribution in [1.29, 1.82) is 0 Å². The molecule has 0 atom stereocenters. The summed E-state index contributed by atoms with van der Waals surface area (Å²) in [5.74, 6) is 2.19. The van der Waals surface area contributed by atoms with E-state index in [0.717, 1.165) is 5.39 Å². The molecule has 1 aliphatic heterocycles. The fraction of sp³-hybridized carbons (Fsp3) is 0.154. The molecule has 0 unspecified atom stereocenters. The quantitative estimate of drug-likeness (QED) is 0.320. The van der Waals surface area contributed by atoms with Crippen LogP contribution >= 0.6 is 0 Å². The zero-order valence-electron chi connectivity index (χ0n) is 17.8. The molecular formula is C26H20O7. The smallest absolute Gasteiger partial charge is 0.344 e. The molecule has 0 aliphatic carbocycles. The van der Waals surface area contributed by atoms with Gasteiger partial charge in [-0.1, -0.05) is 6.07 Å². The first kappa shape index (κ1) is 20.6. The molecule has 4 aromatic rings. The van der Waals surface area contributed by atoms with Crippen molar-refractivity contribution in [3.05, 3.63) is 82.7 Å². The minimum Gasteiger partial charge on any atom is -0.497 e. The normalized spacial score (nSPS) is 12.4. The lowest BCUT2D eigenvalue weighted by Gasteiger charge is -2.18. The van der Waals surface area contributed by atoms with Crippen LogP contribution in [0, 0.1) is 0 Å². The maximum atomic E-state index is 12.7. The highest BCUT2D eigenvalue weighted by molar-refractivity contribution is 5.97. The van der Waals surface area contributed by atoms with E-state index in [1.807, 2.05) is 0 Å². The van der Waals surface area contributed by atoms with Crippen molar-refractivity contribution in [3.8, 4) is 34.1 Å². The lowest BCUT2D eigenvalue weighted by atomic mass is 10.1. The third-order valence-electron chi connectivity index (χ3n) is 5.34. The van der Waals surface area contributed by atoms with Gasteiger partial charge in [-0.05, 0) is 60.2 Å². The van der Waals surface area contributed by atoms with Crippen LogP contribution < -0.4 is 24.6 Å². The van der Waals surface area contributed by atoms with E-state index in [1.165, 1.54) is 0 Å². The van der Waals surface area contributed by atoms with Gasteiger partial charge in [-0.15, -0.1) is 0 Å². The van der Waals surface area contributed by atoms with E-state index in [4.69, 9.17) is 23.4 Å². The Labute approximate surface area is 189 Å². The monoisotopic (exact) mass is 444 g/mol. The van der Waals surface area contributed by atoms with Gasteiger partial charge in [-0.3, -0.25) is 4.79 Å². The van der Waals surface area contributed by atoms with E-state index >= 15 is 0 Å². The second-order valence-corrected chi connectivity index (χ2v) is 7.45. The molecule has 0 saturated heterocycles. The standard InChI is InChI=1S/C26H20O7/c1-29-19-6-2-16(3-7-19)22(27)15-32-20-8-4-18-12-21(26(28)33-24(18)14-20)17-5-9-23-25(13-17)31-11-10-30-23/h2-9,12-14H,10-11,15H2,1H3. The Kier molecular flexibility index (Phi) is 5.44. The van der Waals surface area contributed by atoms with Crippen LogP contribution in [0.1, 0.15) is 10.4 Å². The molecule has 166 valence electrons. The zero-order chi connectivity index (χ0) is 22.8. The highest BCUT2D eigenvalue weighted by atomic mass is 16.6. The van der Waals surface area contributed by atoms with E-state index < -0.39 is 5.63 Å². The van der Waals surface area contributed by atoms with Crippen LogP contribution in [0.4, 0.5) is 0 Å². The summed E-state index contributed by atoms with van der Waals surface area (Å²) in [4.78, 5) is 25.1. The molecule has 0 spiro atoms. The van der Waals surface area contributed by atoms with Crippen molar-refractivity contribution in [1.82, 2.24) is 0 Å². The number of carbonyl (C=O) groups excluding carboxylic acids is 1. The third kappa shape index (κ3) is 4.25. The highest BCUT2D eigenvalue weighted by Crippen LogP contribution is 2.34. The van der Waals surface area contributed by atoms with Gasteiger partial charge in [0.2, 0.25) is 0 Å². The topological polar surface area (TPSA) is 84.2 Å². The first-order chi connectivity index (χ1) is 16.1. The fourth-order valence-electron chi connectivity index (χ4n) is 3.60. The second-order valence-electron chi connectivity index (χ2n) is 7.45. The summed E-state index contributed by atoms with van der Waals surface area (Å²) in [5.41, 5.74) is 1.51. The molecule has 5 rings (SSSR count). The number of carbonyl (C=O) groups is 1. The predicted octanol–water partition coefficient (Wildman–Crippen LogP) is 4.50. The Bertz CT molecular complexity index is 1390. The molecule has 0 fully saturated rings. The van der Waals surface area contributed by atoms with Crippen molar-refractivity contribution in [2.75, 3.05) is 26.9 Å². The van der Waals surface area contributed by atoms with Gasteiger partial charge in [0.15, 0.2) is 23.9 Å². The highest BCUT2D eigenvalue weighted by Gasteiger charge is 2.15. The van der Waals surface area contributed by atoms with Gasteiger partial charge in [0.1, 0.15) is 30.3 Å². The van der Waals surface area contributed by atoms with Crippen molar-refractivity contribution >= 4 is 16.8 Å². The van der Waals surface area contributed by atoms with Crippen molar-refractivity contribution in [2.45, 2.75) is 0 Å². The summed E-state index contributed by atoms with van der Waals surface area (Å²) < 4.78 is 27.4. The SMILES string of the molecule is COc1ccc(C(=O)COc2ccc3cc(-c4ccc5c(c4)OCCO5)c(=O)oc3c2)cc1. The minimum atomic E-state index is -0.481. The largest absolute Gasteiger partial charge is 0.497 e. The van der Waals surface area contributed by atoms with Crippen molar-refractivity contribution in [2.24, 2.45) is 0 Å². The van der Waals surface area contributed by atoms with Gasteiger partial charge >= 0.3 is 5.63 Å². The first-order valence-electron chi connectivity index (χ1n) is 10.4. The van der Waals surface area contributed by atoms with Gasteiger partial charge in [-0.25, -0.2) is 4.79 Å². The van der Waals surface area contributed by atoms with Crippen molar-refractivity contribution in [3.63, 3.8) is 0 Å².